The molecule has 1 nitrogen and oxygen atoms in total. The molecule has 0 aliphatic carbocycles. The number of hydrogen-bond acceptors (Lipinski definition) is 1. The number of rotatable bonds is 3. The van der Waals surface area contributed by atoms with Crippen LogP contribution in [0.25, 0.3) is 11.3 Å². The van der Waals surface area contributed by atoms with Crippen LogP contribution in [0.2, 0.25) is 19.6 Å². The summed E-state index contributed by atoms with van der Waals surface area (Å²) in [6.07, 6.45) is 0.337. The predicted molar refractivity (Wildman–Crippen MR) is 95.8 cm³/mol. The molecule has 1 heterocycles. The molecule has 0 N–H and O–H groups in total. The van der Waals surface area contributed by atoms with E-state index < -0.39 is 19.9 Å². The van der Waals surface area contributed by atoms with Crippen molar-refractivity contribution >= 4 is 13.3 Å². The smallest absolute Gasteiger partial charge is 0.123 e. The van der Waals surface area contributed by atoms with Crippen LogP contribution in [0.15, 0.2) is 36.5 Å². The van der Waals surface area contributed by atoms with E-state index in [1.165, 1.54) is 12.1 Å². The molecular weight excluding hydrogens is 289 g/mol. The molecule has 0 atom stereocenters. The molecule has 1 aromatic heterocycles. The van der Waals surface area contributed by atoms with Crippen molar-refractivity contribution in [3.8, 4) is 11.3 Å². The Kier molecular flexibility index (Phi) is 3.83. The zero-order valence-corrected chi connectivity index (χ0v) is 15.3. The molecule has 118 valence electrons. The van der Waals surface area contributed by atoms with E-state index in [4.69, 9.17) is 2.74 Å². The van der Waals surface area contributed by atoms with Gasteiger partial charge in [-0.15, -0.1) is 0 Å². The highest BCUT2D eigenvalue weighted by Gasteiger charge is 2.24. The van der Waals surface area contributed by atoms with Gasteiger partial charge >= 0.3 is 0 Å². The van der Waals surface area contributed by atoms with Gasteiger partial charge in [-0.1, -0.05) is 40.4 Å². The summed E-state index contributed by atoms with van der Waals surface area (Å²) in [5.41, 5.74) is 1.65. The van der Waals surface area contributed by atoms with Crippen LogP contribution in [-0.2, 0) is 6.37 Å². The fourth-order valence-electron chi connectivity index (χ4n) is 2.34. The molecule has 3 heteroatoms. The second-order valence-electron chi connectivity index (χ2n) is 7.75. The summed E-state index contributed by atoms with van der Waals surface area (Å²) in [5, 5.41) is 1.04. The van der Waals surface area contributed by atoms with Crippen molar-refractivity contribution in [3.63, 3.8) is 0 Å². The minimum Gasteiger partial charge on any atom is -0.256 e. The van der Waals surface area contributed by atoms with E-state index in [2.05, 4.69) is 24.6 Å². The van der Waals surface area contributed by atoms with Crippen molar-refractivity contribution < 1.29 is 7.13 Å². The first-order valence-corrected chi connectivity index (χ1v) is 11.1. The molecule has 0 amide bonds. The molecule has 1 aromatic carbocycles. The molecule has 2 aromatic rings. The molecule has 0 fully saturated rings. The standard InChI is InChI=1S/C19H26FNSi/c1-19(2,3)12-15-11-17(14-7-9-16(20)10-8-14)21-13-18(15)22(4,5)6/h7-11,13H,12H2,1-6H3/i12D2. The number of pyridine rings is 1. The van der Waals surface area contributed by atoms with E-state index in [0.29, 0.717) is 11.3 Å². The van der Waals surface area contributed by atoms with Gasteiger partial charge in [0.1, 0.15) is 5.82 Å². The Hall–Kier alpha value is -1.48. The predicted octanol–water partition coefficient (Wildman–Crippen LogP) is 5.02. The van der Waals surface area contributed by atoms with E-state index in [1.807, 2.05) is 33.0 Å². The molecule has 0 spiro atoms. The summed E-state index contributed by atoms with van der Waals surface area (Å²) in [6.45, 7) is 12.3. The van der Waals surface area contributed by atoms with Crippen LogP contribution >= 0.6 is 0 Å². The zero-order valence-electron chi connectivity index (χ0n) is 16.3. The second kappa shape index (κ2) is 5.96. The lowest BCUT2D eigenvalue weighted by Gasteiger charge is -2.26. The molecule has 0 aliphatic heterocycles. The molecule has 0 bridgehead atoms. The summed E-state index contributed by atoms with van der Waals surface area (Å²) in [6, 6.07) is 8.03. The van der Waals surface area contributed by atoms with Gasteiger partial charge in [0.25, 0.3) is 0 Å². The number of benzene rings is 1. The Morgan fingerprint density at radius 3 is 2.23 bits per heavy atom. The second-order valence-corrected chi connectivity index (χ2v) is 12.8. The fraction of sp³-hybridized carbons (Fsp3) is 0.421. The third-order valence-corrected chi connectivity index (χ3v) is 5.38. The minimum atomic E-state index is -1.76. The summed E-state index contributed by atoms with van der Waals surface area (Å²) in [5.74, 6) is -0.289. The van der Waals surface area contributed by atoms with E-state index in [0.717, 1.165) is 10.8 Å². The molecular formula is C19H26FNSi. The van der Waals surface area contributed by atoms with Gasteiger partial charge in [0.05, 0.1) is 13.8 Å². The zero-order chi connectivity index (χ0) is 18.3. The van der Waals surface area contributed by atoms with Gasteiger partial charge in [0, 0.05) is 14.5 Å². The van der Waals surface area contributed by atoms with Crippen molar-refractivity contribution in [3.05, 3.63) is 47.9 Å². The Labute approximate surface area is 137 Å². The summed E-state index contributed by atoms with van der Waals surface area (Å²) in [4.78, 5) is 4.55. The highest BCUT2D eigenvalue weighted by molar-refractivity contribution is 6.89. The molecule has 0 radical (unpaired) electrons. The van der Waals surface area contributed by atoms with Gasteiger partial charge < -0.3 is 0 Å². The van der Waals surface area contributed by atoms with Gasteiger partial charge in [-0.2, -0.15) is 0 Å². The van der Waals surface area contributed by atoms with Crippen molar-refractivity contribution in [2.45, 2.75) is 46.8 Å². The molecule has 0 saturated heterocycles. The number of halogens is 1. The Balaban J connectivity index is 2.69. The SMILES string of the molecule is [2H]C([2H])(c1cc(-c2ccc(F)cc2)ncc1[Si](C)(C)C)C(C)(C)C. The number of hydrogen-bond donors (Lipinski definition) is 0. The Morgan fingerprint density at radius 2 is 1.73 bits per heavy atom. The number of nitrogens with zero attached hydrogens (tertiary/aromatic N) is 1. The van der Waals surface area contributed by atoms with Crippen LogP contribution in [0.4, 0.5) is 4.39 Å². The van der Waals surface area contributed by atoms with Crippen LogP contribution in [0, 0.1) is 11.2 Å². The van der Waals surface area contributed by atoms with Crippen molar-refractivity contribution in [1.29, 1.82) is 0 Å². The Bertz CT molecular complexity index is 729. The van der Waals surface area contributed by atoms with Gasteiger partial charge in [-0.3, -0.25) is 4.98 Å². The highest BCUT2D eigenvalue weighted by atomic mass is 28.3. The summed E-state index contributed by atoms with van der Waals surface area (Å²) >= 11 is 0. The summed E-state index contributed by atoms with van der Waals surface area (Å²) < 4.78 is 30.6. The van der Waals surface area contributed by atoms with Crippen LogP contribution in [0.3, 0.4) is 0 Å². The van der Waals surface area contributed by atoms with Crippen LogP contribution in [0.5, 0.6) is 0 Å². The van der Waals surface area contributed by atoms with Crippen molar-refractivity contribution in [2.24, 2.45) is 5.41 Å². The molecule has 0 aliphatic rings. The third kappa shape index (κ3) is 4.26. The van der Waals surface area contributed by atoms with E-state index in [9.17, 15) is 4.39 Å². The van der Waals surface area contributed by atoms with Gasteiger partial charge in [-0.25, -0.2) is 4.39 Å². The first-order valence-electron chi connectivity index (χ1n) is 8.61. The monoisotopic (exact) mass is 317 g/mol. The lowest BCUT2D eigenvalue weighted by Crippen LogP contribution is -2.41. The van der Waals surface area contributed by atoms with Crippen LogP contribution < -0.4 is 5.19 Å². The maximum atomic E-state index is 13.2. The van der Waals surface area contributed by atoms with Gasteiger partial charge in [0.15, 0.2) is 0 Å². The van der Waals surface area contributed by atoms with E-state index >= 15 is 0 Å². The first-order chi connectivity index (χ1) is 10.8. The van der Waals surface area contributed by atoms with Crippen LogP contribution in [-0.4, -0.2) is 13.1 Å². The average Bonchev–Trinajstić information content (AvgIpc) is 2.45. The molecule has 0 saturated carbocycles. The van der Waals surface area contributed by atoms with Crippen molar-refractivity contribution in [2.75, 3.05) is 0 Å². The third-order valence-electron chi connectivity index (χ3n) is 3.36. The van der Waals surface area contributed by atoms with Gasteiger partial charge in [0.2, 0.25) is 0 Å². The molecule has 0 unspecified atom stereocenters. The topological polar surface area (TPSA) is 12.9 Å². The molecule has 2 rings (SSSR count). The van der Waals surface area contributed by atoms with Crippen molar-refractivity contribution in [1.82, 2.24) is 4.98 Å². The van der Waals surface area contributed by atoms with E-state index in [1.54, 1.807) is 12.1 Å². The lowest BCUT2D eigenvalue weighted by atomic mass is 9.88. The highest BCUT2D eigenvalue weighted by Crippen LogP contribution is 2.24. The quantitative estimate of drug-likeness (QED) is 0.724. The first kappa shape index (κ1) is 14.1. The molecule has 22 heavy (non-hydrogen) atoms. The maximum Gasteiger partial charge on any atom is 0.123 e. The van der Waals surface area contributed by atoms with Crippen LogP contribution in [0.1, 0.15) is 29.1 Å². The minimum absolute atomic E-state index is 0.289. The Morgan fingerprint density at radius 1 is 1.14 bits per heavy atom. The normalized spacial score (nSPS) is 14.5. The maximum absolute atomic E-state index is 13.2. The lowest BCUT2D eigenvalue weighted by molar-refractivity contribution is 0.412. The average molecular weight is 318 g/mol. The fourth-order valence-corrected chi connectivity index (χ4v) is 3.73. The van der Waals surface area contributed by atoms with E-state index in [-0.39, 0.29) is 5.82 Å². The van der Waals surface area contributed by atoms with Gasteiger partial charge in [-0.05, 0) is 52.9 Å². The summed E-state index contributed by atoms with van der Waals surface area (Å²) in [7, 11) is -1.76. The largest absolute Gasteiger partial charge is 0.256 e. The number of aromatic nitrogens is 1.